The fraction of sp³-hybridized carbons (Fsp3) is 0.280. The van der Waals surface area contributed by atoms with Crippen molar-refractivity contribution in [3.63, 3.8) is 0 Å². The molecule has 0 radical (unpaired) electrons. The van der Waals surface area contributed by atoms with Gasteiger partial charge in [-0.15, -0.1) is 0 Å². The van der Waals surface area contributed by atoms with Crippen LogP contribution in [0.3, 0.4) is 0 Å². The minimum Gasteiger partial charge on any atom is -0.480 e. The first-order valence-corrected chi connectivity index (χ1v) is 12.9. The third-order valence-electron chi connectivity index (χ3n) is 6.45. The van der Waals surface area contributed by atoms with Crippen LogP contribution in [-0.2, 0) is 20.9 Å². The number of aromatic amines is 1. The SMILES string of the molecule is CN1C(=O)NC(=O)C2C1N=C(Sc1nc3ccc(NC(=O)CC[C@H](N)C(=O)O)cc3[nH]1)N2Cc1ccccc1. The summed E-state index contributed by atoms with van der Waals surface area (Å²) in [5.74, 6) is -1.91. The average Bonchev–Trinajstić information content (AvgIpc) is 3.47. The molecule has 4 amide bonds. The fourth-order valence-electron chi connectivity index (χ4n) is 4.36. The lowest BCUT2D eigenvalue weighted by atomic mass is 10.1. The minimum absolute atomic E-state index is 0.0245. The first-order valence-electron chi connectivity index (χ1n) is 12.1. The lowest BCUT2D eigenvalue weighted by molar-refractivity contribution is -0.138. The molecule has 6 N–H and O–H groups in total. The van der Waals surface area contributed by atoms with Crippen molar-refractivity contribution < 1.29 is 24.3 Å². The number of urea groups is 1. The van der Waals surface area contributed by atoms with Crippen LogP contribution in [0.5, 0.6) is 0 Å². The monoisotopic (exact) mass is 550 g/mol. The largest absolute Gasteiger partial charge is 0.480 e. The Balaban J connectivity index is 1.35. The first kappa shape index (κ1) is 26.2. The normalized spacial score (nSPS) is 19.5. The standard InChI is InChI=1S/C25H26N8O5S/c1-32-20-19(21(35)31-24(32)38)33(12-13-5-3-2-4-6-13)25(30-20)39-23-28-16-9-7-14(11-17(16)29-23)27-18(34)10-8-15(26)22(36)37/h2-7,9,11,15,19-20H,8,10,12,26H2,1H3,(H,27,34)(H,28,29)(H,36,37)(H,31,35,38)/t15-,19?,20?/m0/s1. The number of aliphatic imine (C=N–C) groups is 1. The molecule has 0 spiro atoms. The average molecular weight is 551 g/mol. The second kappa shape index (κ2) is 10.7. The van der Waals surface area contributed by atoms with Gasteiger partial charge in [0.05, 0.1) is 11.0 Å². The van der Waals surface area contributed by atoms with E-state index in [4.69, 9.17) is 15.8 Å². The Morgan fingerprint density at radius 1 is 1.21 bits per heavy atom. The highest BCUT2D eigenvalue weighted by Crippen LogP contribution is 2.33. The van der Waals surface area contributed by atoms with E-state index in [-0.39, 0.29) is 18.7 Å². The quantitative estimate of drug-likeness (QED) is 0.277. The molecule has 2 aliphatic heterocycles. The van der Waals surface area contributed by atoms with Crippen molar-refractivity contribution in [3.05, 3.63) is 54.1 Å². The molecule has 1 fully saturated rings. The predicted octanol–water partition coefficient (Wildman–Crippen LogP) is 1.53. The maximum absolute atomic E-state index is 12.8. The van der Waals surface area contributed by atoms with Crippen LogP contribution in [0.15, 0.2) is 58.7 Å². The first-order chi connectivity index (χ1) is 18.7. The van der Waals surface area contributed by atoms with E-state index in [1.165, 1.54) is 16.7 Å². The molecule has 202 valence electrons. The molecule has 13 nitrogen and oxygen atoms in total. The van der Waals surface area contributed by atoms with Gasteiger partial charge in [0.15, 0.2) is 22.5 Å². The number of nitrogens with one attached hydrogen (secondary N) is 3. The van der Waals surface area contributed by atoms with Gasteiger partial charge in [0.2, 0.25) is 5.91 Å². The molecular weight excluding hydrogens is 524 g/mol. The van der Waals surface area contributed by atoms with Crippen molar-refractivity contribution >= 4 is 57.5 Å². The number of nitrogens with two attached hydrogens (primary N) is 1. The van der Waals surface area contributed by atoms with Crippen molar-refractivity contribution in [3.8, 4) is 0 Å². The highest BCUT2D eigenvalue weighted by atomic mass is 32.2. The van der Waals surface area contributed by atoms with E-state index in [0.29, 0.717) is 33.6 Å². The fourth-order valence-corrected chi connectivity index (χ4v) is 5.30. The summed E-state index contributed by atoms with van der Waals surface area (Å²) in [5.41, 5.74) is 8.27. The molecule has 2 unspecified atom stereocenters. The Morgan fingerprint density at radius 3 is 2.72 bits per heavy atom. The number of nitrogens with zero attached hydrogens (tertiary/aromatic N) is 4. The summed E-state index contributed by atoms with van der Waals surface area (Å²) in [7, 11) is 1.60. The molecule has 5 rings (SSSR count). The highest BCUT2D eigenvalue weighted by molar-refractivity contribution is 8.13. The number of hydrogen-bond acceptors (Lipinski definition) is 9. The van der Waals surface area contributed by atoms with Crippen molar-refractivity contribution in [2.45, 2.75) is 42.8 Å². The number of carboxylic acids is 1. The second-order valence-electron chi connectivity index (χ2n) is 9.20. The summed E-state index contributed by atoms with van der Waals surface area (Å²) in [6.45, 7) is 0.408. The Morgan fingerprint density at radius 2 is 1.97 bits per heavy atom. The lowest BCUT2D eigenvalue weighted by Crippen LogP contribution is -2.63. The number of carbonyl (C=O) groups is 4. The molecule has 2 aromatic carbocycles. The second-order valence-corrected chi connectivity index (χ2v) is 10.2. The number of amidine groups is 1. The summed E-state index contributed by atoms with van der Waals surface area (Å²) < 4.78 is 0. The van der Waals surface area contributed by atoms with E-state index in [0.717, 1.165) is 5.56 Å². The summed E-state index contributed by atoms with van der Waals surface area (Å²) in [6.07, 6.45) is -0.672. The topological polar surface area (TPSA) is 186 Å². The molecular formula is C25H26N8O5S. The molecule has 3 aromatic rings. The van der Waals surface area contributed by atoms with Crippen LogP contribution in [0.4, 0.5) is 10.5 Å². The van der Waals surface area contributed by atoms with Gasteiger partial charge in [0, 0.05) is 25.7 Å². The van der Waals surface area contributed by atoms with Crippen LogP contribution in [0, 0.1) is 0 Å². The van der Waals surface area contributed by atoms with E-state index >= 15 is 0 Å². The Bertz CT molecular complexity index is 1480. The Hall–Kier alpha value is -4.43. The number of fused-ring (bicyclic) bond motifs is 2. The van der Waals surface area contributed by atoms with Crippen molar-refractivity contribution in [2.75, 3.05) is 12.4 Å². The van der Waals surface area contributed by atoms with E-state index in [1.807, 2.05) is 35.2 Å². The summed E-state index contributed by atoms with van der Waals surface area (Å²) >= 11 is 1.24. The van der Waals surface area contributed by atoms with Gasteiger partial charge >= 0.3 is 12.0 Å². The van der Waals surface area contributed by atoms with Crippen molar-refractivity contribution in [2.24, 2.45) is 10.7 Å². The highest BCUT2D eigenvalue weighted by Gasteiger charge is 2.48. The van der Waals surface area contributed by atoms with Crippen LogP contribution in [0.25, 0.3) is 11.0 Å². The lowest BCUT2D eigenvalue weighted by Gasteiger charge is -2.36. The van der Waals surface area contributed by atoms with Gasteiger partial charge in [-0.2, -0.15) is 0 Å². The van der Waals surface area contributed by atoms with Gasteiger partial charge in [0.25, 0.3) is 5.91 Å². The molecule has 1 aromatic heterocycles. The van der Waals surface area contributed by atoms with E-state index in [2.05, 4.69) is 20.6 Å². The maximum atomic E-state index is 12.8. The zero-order chi connectivity index (χ0) is 27.7. The van der Waals surface area contributed by atoms with E-state index in [1.54, 1.807) is 25.2 Å². The van der Waals surface area contributed by atoms with E-state index < -0.39 is 36.2 Å². The van der Waals surface area contributed by atoms with Gasteiger partial charge in [-0.25, -0.2) is 14.8 Å². The summed E-state index contributed by atoms with van der Waals surface area (Å²) in [4.78, 5) is 64.0. The number of rotatable bonds is 8. The number of carbonyl (C=O) groups excluding carboxylic acids is 3. The number of hydrogen-bond donors (Lipinski definition) is 5. The number of likely N-dealkylation sites (N-methyl/N-ethyl adjacent to an activating group) is 1. The number of thioether (sulfide) groups is 1. The molecule has 0 bridgehead atoms. The molecule has 3 heterocycles. The number of benzene rings is 2. The number of aromatic nitrogens is 2. The Labute approximate surface area is 226 Å². The number of imidazole rings is 1. The van der Waals surface area contributed by atoms with Gasteiger partial charge in [-0.05, 0) is 41.9 Å². The predicted molar refractivity (Wildman–Crippen MR) is 144 cm³/mol. The van der Waals surface area contributed by atoms with Gasteiger partial charge < -0.3 is 30.9 Å². The zero-order valence-corrected chi connectivity index (χ0v) is 21.6. The summed E-state index contributed by atoms with van der Waals surface area (Å²) in [5, 5.41) is 15.1. The molecule has 0 aliphatic carbocycles. The zero-order valence-electron chi connectivity index (χ0n) is 20.8. The smallest absolute Gasteiger partial charge is 0.325 e. The number of H-pyrrole nitrogens is 1. The molecule has 39 heavy (non-hydrogen) atoms. The number of imide groups is 1. The van der Waals surface area contributed by atoms with Crippen LogP contribution < -0.4 is 16.4 Å². The van der Waals surface area contributed by atoms with Crippen LogP contribution in [-0.4, -0.2) is 79.2 Å². The van der Waals surface area contributed by atoms with Crippen molar-refractivity contribution in [1.29, 1.82) is 0 Å². The molecule has 0 saturated carbocycles. The molecule has 2 aliphatic rings. The van der Waals surface area contributed by atoms with Gasteiger partial charge in [-0.3, -0.25) is 19.7 Å². The Kier molecular flexibility index (Phi) is 7.21. The van der Waals surface area contributed by atoms with Gasteiger partial charge in [-0.1, -0.05) is 30.3 Å². The maximum Gasteiger partial charge on any atom is 0.325 e. The minimum atomic E-state index is -1.15. The van der Waals surface area contributed by atoms with Crippen LogP contribution in [0.2, 0.25) is 0 Å². The molecule has 14 heteroatoms. The van der Waals surface area contributed by atoms with E-state index in [9.17, 15) is 19.2 Å². The third kappa shape index (κ3) is 5.56. The number of amides is 4. The van der Waals surface area contributed by atoms with Crippen molar-refractivity contribution in [1.82, 2.24) is 25.1 Å². The third-order valence-corrected chi connectivity index (χ3v) is 7.36. The molecule has 1 saturated heterocycles. The summed E-state index contributed by atoms with van der Waals surface area (Å²) in [6, 6.07) is 12.5. The number of carboxylic acid groups (broad SMARTS) is 1. The van der Waals surface area contributed by atoms with Crippen LogP contribution in [0.1, 0.15) is 18.4 Å². The number of anilines is 1. The van der Waals surface area contributed by atoms with Gasteiger partial charge in [0.1, 0.15) is 6.04 Å². The van der Waals surface area contributed by atoms with Crippen LogP contribution >= 0.6 is 11.8 Å². The number of aliphatic carboxylic acids is 1. The molecule has 3 atom stereocenters.